The monoisotopic (exact) mass is 586 g/mol. The van der Waals surface area contributed by atoms with E-state index in [0.29, 0.717) is 0 Å². The van der Waals surface area contributed by atoms with Crippen LogP contribution < -0.4 is 4.90 Å². The number of anilines is 3. The lowest BCUT2D eigenvalue weighted by Crippen LogP contribution is -2.10. The van der Waals surface area contributed by atoms with Gasteiger partial charge < -0.3 is 9.47 Å². The Bertz CT molecular complexity index is 2520. The summed E-state index contributed by atoms with van der Waals surface area (Å²) in [7, 11) is 0. The van der Waals surface area contributed by atoms with Gasteiger partial charge in [0.25, 0.3) is 0 Å². The molecular weight excluding hydrogens is 556 g/mol. The fourth-order valence-corrected chi connectivity index (χ4v) is 6.96. The molecular formula is C44H30N2. The first-order valence-electron chi connectivity index (χ1n) is 15.8. The Morgan fingerprint density at radius 3 is 1.83 bits per heavy atom. The second-order valence-corrected chi connectivity index (χ2v) is 11.8. The highest BCUT2D eigenvalue weighted by molar-refractivity contribution is 6.10. The normalized spacial score (nSPS) is 11.5. The standard InChI is InChI=1S/C44H30N2/c1-2-15-36(16-3-1)46-43-19-9-8-18-40(43)41-30-35(24-28-44(41)46)32-21-25-37(26-22-32)45(38-27-23-31-11-4-5-13-34(31)29-38)42-20-10-14-33-12-6-7-17-39(33)42/h1-30H. The fourth-order valence-electron chi connectivity index (χ4n) is 6.96. The van der Waals surface area contributed by atoms with Crippen molar-refractivity contribution in [2.45, 2.75) is 0 Å². The molecule has 0 unspecified atom stereocenters. The third-order valence-corrected chi connectivity index (χ3v) is 9.14. The number of fused-ring (bicyclic) bond motifs is 5. The van der Waals surface area contributed by atoms with Crippen LogP contribution in [0.4, 0.5) is 17.1 Å². The molecule has 0 amide bonds. The maximum absolute atomic E-state index is 2.38. The quantitative estimate of drug-likeness (QED) is 0.195. The SMILES string of the molecule is c1ccc(-n2c3ccccc3c3cc(-c4ccc(N(c5ccc6ccccc6c5)c5cccc6ccccc56)cc4)ccc32)cc1. The summed E-state index contributed by atoms with van der Waals surface area (Å²) >= 11 is 0. The summed E-state index contributed by atoms with van der Waals surface area (Å²) < 4.78 is 2.36. The zero-order valence-electron chi connectivity index (χ0n) is 25.2. The van der Waals surface area contributed by atoms with Crippen LogP contribution in [0.3, 0.4) is 0 Å². The van der Waals surface area contributed by atoms with E-state index in [1.807, 2.05) is 0 Å². The molecule has 0 N–H and O–H groups in total. The van der Waals surface area contributed by atoms with Crippen LogP contribution in [0, 0.1) is 0 Å². The molecule has 0 atom stereocenters. The van der Waals surface area contributed by atoms with Crippen LogP contribution >= 0.6 is 0 Å². The lowest BCUT2D eigenvalue weighted by molar-refractivity contribution is 1.18. The van der Waals surface area contributed by atoms with Gasteiger partial charge in [-0.2, -0.15) is 0 Å². The van der Waals surface area contributed by atoms with Crippen LogP contribution in [0.5, 0.6) is 0 Å². The van der Waals surface area contributed by atoms with Crippen LogP contribution in [-0.4, -0.2) is 4.57 Å². The lowest BCUT2D eigenvalue weighted by atomic mass is 10.0. The molecule has 0 spiro atoms. The van der Waals surface area contributed by atoms with Crippen LogP contribution in [0.25, 0.3) is 60.2 Å². The minimum atomic E-state index is 1.12. The van der Waals surface area contributed by atoms with Gasteiger partial charge in [0.1, 0.15) is 0 Å². The lowest BCUT2D eigenvalue weighted by Gasteiger charge is -2.27. The Morgan fingerprint density at radius 1 is 0.348 bits per heavy atom. The molecule has 0 saturated carbocycles. The highest BCUT2D eigenvalue weighted by atomic mass is 15.1. The molecule has 0 aliphatic rings. The molecule has 1 heterocycles. The first-order chi connectivity index (χ1) is 22.8. The second-order valence-electron chi connectivity index (χ2n) is 11.8. The van der Waals surface area contributed by atoms with E-state index in [-0.39, 0.29) is 0 Å². The molecule has 8 aromatic carbocycles. The predicted molar refractivity (Wildman–Crippen MR) is 196 cm³/mol. The molecule has 0 fully saturated rings. The smallest absolute Gasteiger partial charge is 0.0541 e. The molecule has 0 radical (unpaired) electrons. The third-order valence-electron chi connectivity index (χ3n) is 9.14. The molecule has 0 bridgehead atoms. The van der Waals surface area contributed by atoms with Crippen LogP contribution in [0.1, 0.15) is 0 Å². The van der Waals surface area contributed by atoms with Gasteiger partial charge in [-0.25, -0.2) is 0 Å². The summed E-state index contributed by atoms with van der Waals surface area (Å²) in [5, 5.41) is 7.44. The van der Waals surface area contributed by atoms with Gasteiger partial charge in [0.05, 0.1) is 16.7 Å². The number of hydrogen-bond donors (Lipinski definition) is 0. The van der Waals surface area contributed by atoms with E-state index in [2.05, 4.69) is 191 Å². The summed E-state index contributed by atoms with van der Waals surface area (Å²) in [6.07, 6.45) is 0. The van der Waals surface area contributed by atoms with Crippen LogP contribution in [0.15, 0.2) is 182 Å². The minimum Gasteiger partial charge on any atom is -0.310 e. The van der Waals surface area contributed by atoms with E-state index in [0.717, 1.165) is 17.1 Å². The highest BCUT2D eigenvalue weighted by Gasteiger charge is 2.17. The highest BCUT2D eigenvalue weighted by Crippen LogP contribution is 2.41. The maximum Gasteiger partial charge on any atom is 0.0541 e. The summed E-state index contributed by atoms with van der Waals surface area (Å²) in [6.45, 7) is 0. The van der Waals surface area contributed by atoms with Crippen molar-refractivity contribution in [3.05, 3.63) is 182 Å². The molecule has 9 rings (SSSR count). The summed E-state index contributed by atoms with van der Waals surface area (Å²) in [6, 6.07) is 65.7. The number of nitrogens with zero attached hydrogens (tertiary/aromatic N) is 2. The van der Waals surface area contributed by atoms with Crippen molar-refractivity contribution >= 4 is 60.4 Å². The number of para-hydroxylation sites is 2. The average Bonchev–Trinajstić information content (AvgIpc) is 3.46. The van der Waals surface area contributed by atoms with E-state index < -0.39 is 0 Å². The summed E-state index contributed by atoms with van der Waals surface area (Å²) in [5.41, 5.74) is 9.43. The van der Waals surface area contributed by atoms with E-state index >= 15 is 0 Å². The molecule has 216 valence electrons. The largest absolute Gasteiger partial charge is 0.310 e. The van der Waals surface area contributed by atoms with Gasteiger partial charge in [-0.3, -0.25) is 0 Å². The van der Waals surface area contributed by atoms with Crippen molar-refractivity contribution in [2.75, 3.05) is 4.90 Å². The summed E-state index contributed by atoms with van der Waals surface area (Å²) in [5.74, 6) is 0. The first kappa shape index (κ1) is 26.3. The van der Waals surface area contributed by atoms with E-state index in [1.54, 1.807) is 0 Å². The second kappa shape index (κ2) is 10.8. The zero-order valence-corrected chi connectivity index (χ0v) is 25.2. The zero-order chi connectivity index (χ0) is 30.5. The van der Waals surface area contributed by atoms with Crippen molar-refractivity contribution in [2.24, 2.45) is 0 Å². The van der Waals surface area contributed by atoms with E-state index in [9.17, 15) is 0 Å². The van der Waals surface area contributed by atoms with Crippen molar-refractivity contribution in [3.8, 4) is 16.8 Å². The Labute approximate surface area is 268 Å². The molecule has 0 aliphatic carbocycles. The molecule has 2 nitrogen and oxygen atoms in total. The van der Waals surface area contributed by atoms with Crippen LogP contribution in [-0.2, 0) is 0 Å². The molecule has 1 aromatic heterocycles. The Hall–Kier alpha value is -6.12. The molecule has 46 heavy (non-hydrogen) atoms. The Morgan fingerprint density at radius 2 is 0.978 bits per heavy atom. The number of aromatic nitrogens is 1. The van der Waals surface area contributed by atoms with Gasteiger partial charge in [0, 0.05) is 33.2 Å². The minimum absolute atomic E-state index is 1.12. The maximum atomic E-state index is 2.38. The van der Waals surface area contributed by atoms with Crippen molar-refractivity contribution in [3.63, 3.8) is 0 Å². The van der Waals surface area contributed by atoms with E-state index in [4.69, 9.17) is 0 Å². The number of hydrogen-bond acceptors (Lipinski definition) is 1. The van der Waals surface area contributed by atoms with E-state index in [1.165, 1.54) is 60.2 Å². The van der Waals surface area contributed by atoms with Crippen molar-refractivity contribution in [1.29, 1.82) is 0 Å². The topological polar surface area (TPSA) is 8.17 Å². The van der Waals surface area contributed by atoms with Gasteiger partial charge >= 0.3 is 0 Å². The first-order valence-corrected chi connectivity index (χ1v) is 15.8. The van der Waals surface area contributed by atoms with Crippen molar-refractivity contribution < 1.29 is 0 Å². The Balaban J connectivity index is 1.17. The number of benzene rings is 8. The molecule has 0 saturated heterocycles. The van der Waals surface area contributed by atoms with Crippen molar-refractivity contribution in [1.82, 2.24) is 4.57 Å². The van der Waals surface area contributed by atoms with Gasteiger partial charge in [-0.1, -0.05) is 121 Å². The molecule has 2 heteroatoms. The fraction of sp³-hybridized carbons (Fsp3) is 0. The van der Waals surface area contributed by atoms with Gasteiger partial charge in [-0.15, -0.1) is 0 Å². The van der Waals surface area contributed by atoms with Gasteiger partial charge in [0.15, 0.2) is 0 Å². The average molecular weight is 587 g/mol. The van der Waals surface area contributed by atoms with Gasteiger partial charge in [-0.05, 0) is 87.9 Å². The van der Waals surface area contributed by atoms with Crippen LogP contribution in [0.2, 0.25) is 0 Å². The summed E-state index contributed by atoms with van der Waals surface area (Å²) in [4.78, 5) is 2.38. The molecule has 9 aromatic rings. The Kier molecular flexibility index (Phi) is 6.17. The third kappa shape index (κ3) is 4.35. The predicted octanol–water partition coefficient (Wildman–Crippen LogP) is 12.2. The number of rotatable bonds is 5. The van der Waals surface area contributed by atoms with Gasteiger partial charge in [0.2, 0.25) is 0 Å². The molecule has 0 aliphatic heterocycles.